The van der Waals surface area contributed by atoms with Gasteiger partial charge in [0.25, 0.3) is 0 Å². The smallest absolute Gasteiger partial charge is 0.166 e. The molecule has 0 fully saturated rings. The van der Waals surface area contributed by atoms with E-state index >= 15 is 0 Å². The Balaban J connectivity index is 1.08. The molecule has 0 unspecified atom stereocenters. The van der Waals surface area contributed by atoms with E-state index in [1.165, 1.54) is 36.5 Å². The van der Waals surface area contributed by atoms with Gasteiger partial charge in [-0.1, -0.05) is 176 Å². The Kier molecular flexibility index (Phi) is 8.65. The molecule has 0 saturated heterocycles. The quantitative estimate of drug-likeness (QED) is 0.161. The third-order valence-electron chi connectivity index (χ3n) is 11.9. The number of aromatic nitrogens is 4. The Labute approximate surface area is 362 Å². The van der Waals surface area contributed by atoms with Crippen LogP contribution in [0, 0.1) is 0 Å². The normalized spacial score (nSPS) is 11.5. The SMILES string of the molecule is c1ccc(-c2ccc(-c3nc(-c4ccccc4)nc(-c4cccc(-c5ccc6c(c5)sc5ccccc56)c4)n3)c(-n3c4ccccc4c4ccc(-c5ccccc5)cc43)c2)cc1. The minimum atomic E-state index is 0.603. The summed E-state index contributed by atoms with van der Waals surface area (Å²) < 4.78 is 4.97. The summed E-state index contributed by atoms with van der Waals surface area (Å²) >= 11 is 1.84. The molecule has 12 rings (SSSR count). The Hall–Kier alpha value is -7.99. The van der Waals surface area contributed by atoms with E-state index in [4.69, 9.17) is 15.0 Å². The van der Waals surface area contributed by atoms with Crippen molar-refractivity contribution in [1.82, 2.24) is 19.5 Å². The number of nitrogens with zero attached hydrogens (tertiary/aromatic N) is 4. The lowest BCUT2D eigenvalue weighted by molar-refractivity contribution is 1.06. The van der Waals surface area contributed by atoms with Crippen molar-refractivity contribution in [3.63, 3.8) is 0 Å². The average molecular weight is 809 g/mol. The van der Waals surface area contributed by atoms with Crippen LogP contribution >= 0.6 is 11.3 Å². The van der Waals surface area contributed by atoms with Gasteiger partial charge in [-0.25, -0.2) is 15.0 Å². The highest BCUT2D eigenvalue weighted by molar-refractivity contribution is 7.25. The molecule has 0 radical (unpaired) electrons. The van der Waals surface area contributed by atoms with Gasteiger partial charge in [0.2, 0.25) is 0 Å². The summed E-state index contributed by atoms with van der Waals surface area (Å²) in [5.74, 6) is 1.84. The summed E-state index contributed by atoms with van der Waals surface area (Å²) in [4.78, 5) is 15.9. The van der Waals surface area contributed by atoms with Crippen LogP contribution in [0.5, 0.6) is 0 Å². The average Bonchev–Trinajstić information content (AvgIpc) is 3.89. The zero-order chi connectivity index (χ0) is 41.0. The molecule has 12 aromatic rings. The molecular formula is C57H36N4S. The maximum absolute atomic E-state index is 5.38. The van der Waals surface area contributed by atoms with Gasteiger partial charge in [-0.2, -0.15) is 0 Å². The lowest BCUT2D eigenvalue weighted by Gasteiger charge is -2.17. The first-order valence-electron chi connectivity index (χ1n) is 20.8. The minimum Gasteiger partial charge on any atom is -0.308 e. The fraction of sp³-hybridized carbons (Fsp3) is 0. The fourth-order valence-electron chi connectivity index (χ4n) is 8.84. The molecule has 0 bridgehead atoms. The third-order valence-corrected chi connectivity index (χ3v) is 13.0. The molecule has 0 spiro atoms. The standard InChI is InChI=1S/C57H36N4S/c1-4-15-37(16-5-1)41-27-30-46-45-23-10-12-25-50(45)61(51(46)34-41)52-35-42(38-17-6-2-7-18-38)29-32-49(52)57-59-55(39-19-8-3-9-20-39)58-56(60-57)44-22-14-21-40(33-44)43-28-31-48-47-24-11-13-26-53(47)62-54(48)36-43/h1-36H. The molecule has 4 nitrogen and oxygen atoms in total. The van der Waals surface area contributed by atoms with Crippen LogP contribution in [0.1, 0.15) is 0 Å². The monoisotopic (exact) mass is 808 g/mol. The van der Waals surface area contributed by atoms with Crippen molar-refractivity contribution in [3.05, 3.63) is 218 Å². The van der Waals surface area contributed by atoms with E-state index in [2.05, 4.69) is 205 Å². The first-order chi connectivity index (χ1) is 30.7. The van der Waals surface area contributed by atoms with Crippen LogP contribution in [-0.2, 0) is 0 Å². The van der Waals surface area contributed by atoms with Gasteiger partial charge in [-0.05, 0) is 75.8 Å². The predicted molar refractivity (Wildman–Crippen MR) is 260 cm³/mol. The van der Waals surface area contributed by atoms with Crippen molar-refractivity contribution >= 4 is 53.3 Å². The van der Waals surface area contributed by atoms with E-state index in [1.807, 2.05) is 29.5 Å². The number of fused-ring (bicyclic) bond motifs is 6. The van der Waals surface area contributed by atoms with E-state index < -0.39 is 0 Å². The van der Waals surface area contributed by atoms with Crippen LogP contribution in [0.25, 0.3) is 115 Å². The Morgan fingerprint density at radius 3 is 1.55 bits per heavy atom. The summed E-state index contributed by atoms with van der Waals surface area (Å²) in [6.45, 7) is 0. The molecule has 3 heterocycles. The zero-order valence-electron chi connectivity index (χ0n) is 33.5. The van der Waals surface area contributed by atoms with Crippen molar-refractivity contribution < 1.29 is 0 Å². The number of rotatable bonds is 7. The third kappa shape index (κ3) is 6.26. The number of para-hydroxylation sites is 1. The van der Waals surface area contributed by atoms with Crippen molar-refractivity contribution in [3.8, 4) is 73.2 Å². The molecule has 290 valence electrons. The zero-order valence-corrected chi connectivity index (χ0v) is 34.3. The van der Waals surface area contributed by atoms with Crippen molar-refractivity contribution in [1.29, 1.82) is 0 Å². The Morgan fingerprint density at radius 2 is 0.790 bits per heavy atom. The van der Waals surface area contributed by atoms with Crippen molar-refractivity contribution in [2.45, 2.75) is 0 Å². The number of hydrogen-bond donors (Lipinski definition) is 0. The second-order valence-corrected chi connectivity index (χ2v) is 16.7. The molecule has 0 amide bonds. The lowest BCUT2D eigenvalue weighted by Crippen LogP contribution is -2.04. The maximum Gasteiger partial charge on any atom is 0.166 e. The fourth-order valence-corrected chi connectivity index (χ4v) is 9.99. The van der Waals surface area contributed by atoms with Crippen molar-refractivity contribution in [2.75, 3.05) is 0 Å². The lowest BCUT2D eigenvalue weighted by atomic mass is 10.0. The molecule has 0 aliphatic carbocycles. The molecule has 9 aromatic carbocycles. The molecule has 62 heavy (non-hydrogen) atoms. The van der Waals surface area contributed by atoms with Gasteiger partial charge in [0, 0.05) is 47.6 Å². The summed E-state index contributed by atoms with van der Waals surface area (Å²) in [5.41, 5.74) is 12.8. The molecule has 0 N–H and O–H groups in total. The highest BCUT2D eigenvalue weighted by Gasteiger charge is 2.21. The van der Waals surface area contributed by atoms with Crippen LogP contribution in [0.3, 0.4) is 0 Å². The number of benzene rings is 9. The van der Waals surface area contributed by atoms with E-state index in [0.717, 1.165) is 61.2 Å². The van der Waals surface area contributed by atoms with Gasteiger partial charge in [0.05, 0.1) is 16.7 Å². The largest absolute Gasteiger partial charge is 0.308 e. The summed E-state index contributed by atoms with van der Waals surface area (Å²) in [6.07, 6.45) is 0. The Bertz CT molecular complexity index is 3630. The van der Waals surface area contributed by atoms with E-state index in [1.54, 1.807) is 0 Å². The van der Waals surface area contributed by atoms with E-state index in [-0.39, 0.29) is 0 Å². The number of thiophene rings is 1. The second kappa shape index (κ2) is 14.9. The molecule has 0 aliphatic rings. The molecule has 0 saturated carbocycles. The molecule has 0 aliphatic heterocycles. The van der Waals surface area contributed by atoms with Gasteiger partial charge in [-0.15, -0.1) is 11.3 Å². The molecule has 0 atom stereocenters. The highest BCUT2D eigenvalue weighted by Crippen LogP contribution is 2.41. The highest BCUT2D eigenvalue weighted by atomic mass is 32.1. The first-order valence-corrected chi connectivity index (χ1v) is 21.7. The predicted octanol–water partition coefficient (Wildman–Crippen LogP) is 15.3. The van der Waals surface area contributed by atoms with Crippen LogP contribution in [0.2, 0.25) is 0 Å². The van der Waals surface area contributed by atoms with E-state index in [9.17, 15) is 0 Å². The first kappa shape index (κ1) is 35.9. The maximum atomic E-state index is 5.38. The van der Waals surface area contributed by atoms with Gasteiger partial charge in [-0.3, -0.25) is 0 Å². The van der Waals surface area contributed by atoms with Crippen molar-refractivity contribution in [2.24, 2.45) is 0 Å². The second-order valence-electron chi connectivity index (χ2n) is 15.6. The Morgan fingerprint density at radius 1 is 0.290 bits per heavy atom. The molecule has 5 heteroatoms. The van der Waals surface area contributed by atoms with E-state index in [0.29, 0.717) is 17.5 Å². The van der Waals surface area contributed by atoms with Gasteiger partial charge in [0.15, 0.2) is 17.5 Å². The minimum absolute atomic E-state index is 0.603. The van der Waals surface area contributed by atoms with Gasteiger partial charge < -0.3 is 4.57 Å². The topological polar surface area (TPSA) is 43.6 Å². The summed E-state index contributed by atoms with van der Waals surface area (Å²) in [7, 11) is 0. The number of hydrogen-bond acceptors (Lipinski definition) is 4. The molecular weight excluding hydrogens is 773 g/mol. The summed E-state index contributed by atoms with van der Waals surface area (Å²) in [5, 5.41) is 4.95. The van der Waals surface area contributed by atoms with Crippen LogP contribution < -0.4 is 0 Å². The van der Waals surface area contributed by atoms with Gasteiger partial charge in [0.1, 0.15) is 0 Å². The van der Waals surface area contributed by atoms with Crippen LogP contribution in [-0.4, -0.2) is 19.5 Å². The molecule has 3 aromatic heterocycles. The van der Waals surface area contributed by atoms with Crippen LogP contribution in [0.4, 0.5) is 0 Å². The van der Waals surface area contributed by atoms with Gasteiger partial charge >= 0.3 is 0 Å². The van der Waals surface area contributed by atoms with Crippen LogP contribution in [0.15, 0.2) is 218 Å². The summed E-state index contributed by atoms with van der Waals surface area (Å²) in [6, 6.07) is 77.6.